The second-order valence-electron chi connectivity index (χ2n) is 4.23. The maximum Gasteiger partial charge on any atom is 0.417 e. The zero-order chi connectivity index (χ0) is 17.1. The van der Waals surface area contributed by atoms with Crippen molar-refractivity contribution in [1.29, 1.82) is 5.26 Å². The summed E-state index contributed by atoms with van der Waals surface area (Å²) in [5, 5.41) is 26.2. The molecule has 0 saturated carbocycles. The van der Waals surface area contributed by atoms with E-state index in [0.717, 1.165) is 0 Å². The molecule has 0 atom stereocenters. The highest BCUT2D eigenvalue weighted by Crippen LogP contribution is 2.37. The van der Waals surface area contributed by atoms with E-state index < -0.39 is 52.7 Å². The zero-order valence-corrected chi connectivity index (χ0v) is 11.4. The molecule has 0 fully saturated rings. The van der Waals surface area contributed by atoms with Crippen molar-refractivity contribution < 1.29 is 33.0 Å². The van der Waals surface area contributed by atoms with Crippen LogP contribution in [0.3, 0.4) is 0 Å². The number of nitrogens with zero attached hydrogens (tertiary/aromatic N) is 2. The molecule has 0 saturated heterocycles. The van der Waals surface area contributed by atoms with E-state index >= 15 is 0 Å². The number of pyridine rings is 1. The Hall–Kier alpha value is -2.34. The largest absolute Gasteiger partial charge is 0.480 e. The predicted octanol–water partition coefficient (Wildman–Crippen LogP) is 2.46. The Bertz CT molecular complexity index is 641. The molecule has 0 aliphatic carbocycles. The van der Waals surface area contributed by atoms with Crippen molar-refractivity contribution >= 4 is 23.5 Å². The summed E-state index contributed by atoms with van der Waals surface area (Å²) in [6.45, 7) is 0. The van der Waals surface area contributed by atoms with Gasteiger partial charge >= 0.3 is 18.1 Å². The van der Waals surface area contributed by atoms with E-state index in [1.54, 1.807) is 6.07 Å². The van der Waals surface area contributed by atoms with Gasteiger partial charge in [0.25, 0.3) is 0 Å². The number of carboxylic acids is 2. The molecule has 1 rings (SSSR count). The zero-order valence-electron chi connectivity index (χ0n) is 10.7. The molecule has 0 spiro atoms. The van der Waals surface area contributed by atoms with Crippen LogP contribution in [0.5, 0.6) is 0 Å². The van der Waals surface area contributed by atoms with Gasteiger partial charge in [-0.2, -0.15) is 18.4 Å². The van der Waals surface area contributed by atoms with Gasteiger partial charge in [0.1, 0.15) is 0 Å². The Morgan fingerprint density at radius 1 is 1.32 bits per heavy atom. The van der Waals surface area contributed by atoms with Crippen molar-refractivity contribution in [1.82, 2.24) is 4.98 Å². The van der Waals surface area contributed by atoms with Crippen molar-refractivity contribution in [2.24, 2.45) is 0 Å². The monoisotopic (exact) mass is 336 g/mol. The number of carbonyl (C=O) groups is 2. The van der Waals surface area contributed by atoms with E-state index in [9.17, 15) is 33.0 Å². The van der Waals surface area contributed by atoms with Gasteiger partial charge in [-0.3, -0.25) is 14.6 Å². The lowest BCUT2D eigenvalue weighted by Crippen LogP contribution is -2.44. The summed E-state index contributed by atoms with van der Waals surface area (Å²) in [7, 11) is 0. The fourth-order valence-corrected chi connectivity index (χ4v) is 2.10. The summed E-state index contributed by atoms with van der Waals surface area (Å²) in [6.07, 6.45) is -5.62. The third-order valence-corrected chi connectivity index (χ3v) is 3.20. The van der Waals surface area contributed by atoms with Gasteiger partial charge in [-0.15, -0.1) is 0 Å². The SMILES string of the molecule is N#CCCC(C(=O)O)(C(=O)O)c1ncc(C(F)(F)F)cc1Cl. The molecule has 6 nitrogen and oxygen atoms in total. The number of aromatic nitrogens is 1. The Morgan fingerprint density at radius 2 is 1.86 bits per heavy atom. The Labute approximate surface area is 126 Å². The van der Waals surface area contributed by atoms with Crippen molar-refractivity contribution in [3.8, 4) is 6.07 Å². The summed E-state index contributed by atoms with van der Waals surface area (Å²) in [5.74, 6) is -3.74. The second-order valence-corrected chi connectivity index (χ2v) is 4.63. The Balaban J connectivity index is 3.54. The second kappa shape index (κ2) is 6.19. The van der Waals surface area contributed by atoms with Gasteiger partial charge in [-0.1, -0.05) is 11.6 Å². The first kappa shape index (κ1) is 17.7. The molecule has 10 heteroatoms. The van der Waals surface area contributed by atoms with E-state index in [1.165, 1.54) is 0 Å². The van der Waals surface area contributed by atoms with Crippen LogP contribution in [0.15, 0.2) is 12.3 Å². The maximum absolute atomic E-state index is 12.5. The number of alkyl halides is 3. The van der Waals surface area contributed by atoms with Crippen LogP contribution < -0.4 is 0 Å². The smallest absolute Gasteiger partial charge is 0.417 e. The third kappa shape index (κ3) is 3.12. The number of halogens is 4. The molecule has 0 radical (unpaired) electrons. The highest BCUT2D eigenvalue weighted by Gasteiger charge is 2.51. The van der Waals surface area contributed by atoms with E-state index in [2.05, 4.69) is 4.98 Å². The molecule has 1 heterocycles. The number of hydrogen-bond donors (Lipinski definition) is 2. The number of rotatable bonds is 5. The van der Waals surface area contributed by atoms with Crippen molar-refractivity contribution in [3.63, 3.8) is 0 Å². The standard InChI is InChI=1S/C12H8ClF3N2O4/c13-7-4-6(12(14,15)16)5-18-8(7)11(9(19)20,10(21)22)2-1-3-17/h4-5H,1-2H2,(H,19,20)(H,21,22). The Morgan fingerprint density at radius 3 is 2.23 bits per heavy atom. The maximum atomic E-state index is 12.5. The summed E-state index contributed by atoms with van der Waals surface area (Å²) in [4.78, 5) is 26.1. The van der Waals surface area contributed by atoms with Crippen LogP contribution in [0, 0.1) is 11.3 Å². The average molecular weight is 337 g/mol. The van der Waals surface area contributed by atoms with Crippen LogP contribution in [0.1, 0.15) is 24.1 Å². The number of carboxylic acid groups (broad SMARTS) is 2. The van der Waals surface area contributed by atoms with Gasteiger partial charge in [-0.05, 0) is 12.5 Å². The summed E-state index contributed by atoms with van der Waals surface area (Å²) in [6, 6.07) is 1.98. The van der Waals surface area contributed by atoms with E-state index in [4.69, 9.17) is 16.9 Å². The average Bonchev–Trinajstić information content (AvgIpc) is 2.39. The van der Waals surface area contributed by atoms with Crippen molar-refractivity contribution in [3.05, 3.63) is 28.5 Å². The molecular weight excluding hydrogens is 329 g/mol. The first-order valence-corrected chi connectivity index (χ1v) is 6.02. The molecule has 2 N–H and O–H groups in total. The highest BCUT2D eigenvalue weighted by molar-refractivity contribution is 6.32. The summed E-state index contributed by atoms with van der Waals surface area (Å²) < 4.78 is 37.6. The number of aliphatic carboxylic acids is 2. The van der Waals surface area contributed by atoms with Gasteiger partial charge in [0, 0.05) is 12.6 Å². The lowest BCUT2D eigenvalue weighted by Gasteiger charge is -2.24. The minimum absolute atomic E-state index is 0.300. The van der Waals surface area contributed by atoms with Crippen LogP contribution in [0.2, 0.25) is 5.02 Å². The molecule has 0 aliphatic rings. The molecule has 0 aliphatic heterocycles. The molecule has 22 heavy (non-hydrogen) atoms. The molecule has 1 aromatic rings. The summed E-state index contributed by atoms with van der Waals surface area (Å²) >= 11 is 5.61. The Kier molecular flexibility index (Phi) is 4.98. The first-order chi connectivity index (χ1) is 10.1. The minimum atomic E-state index is -4.77. The minimum Gasteiger partial charge on any atom is -0.480 e. The predicted molar refractivity (Wildman–Crippen MR) is 66.0 cm³/mol. The lowest BCUT2D eigenvalue weighted by atomic mass is 9.79. The molecule has 118 valence electrons. The molecule has 0 aromatic carbocycles. The fourth-order valence-electron chi connectivity index (χ4n) is 1.78. The van der Waals surface area contributed by atoms with Gasteiger partial charge in [0.2, 0.25) is 5.41 Å². The van der Waals surface area contributed by atoms with E-state index in [0.29, 0.717) is 12.3 Å². The summed E-state index contributed by atoms with van der Waals surface area (Å²) in [5.41, 5.74) is -4.69. The topological polar surface area (TPSA) is 111 Å². The van der Waals surface area contributed by atoms with Crippen LogP contribution in [0.25, 0.3) is 0 Å². The fraction of sp³-hybridized carbons (Fsp3) is 0.333. The first-order valence-electron chi connectivity index (χ1n) is 5.64. The van der Waals surface area contributed by atoms with Crippen molar-refractivity contribution in [2.45, 2.75) is 24.4 Å². The number of nitriles is 1. The van der Waals surface area contributed by atoms with Crippen molar-refractivity contribution in [2.75, 3.05) is 0 Å². The van der Waals surface area contributed by atoms with Crippen LogP contribution in [-0.4, -0.2) is 27.1 Å². The number of hydrogen-bond acceptors (Lipinski definition) is 4. The molecular formula is C12H8ClF3N2O4. The molecule has 0 unspecified atom stereocenters. The highest BCUT2D eigenvalue weighted by atomic mass is 35.5. The molecule has 0 amide bonds. The quantitative estimate of drug-likeness (QED) is 0.799. The van der Waals surface area contributed by atoms with Gasteiger partial charge in [0.15, 0.2) is 0 Å². The van der Waals surface area contributed by atoms with E-state index in [1.807, 2.05) is 0 Å². The van der Waals surface area contributed by atoms with Gasteiger partial charge < -0.3 is 10.2 Å². The van der Waals surface area contributed by atoms with Crippen LogP contribution in [0.4, 0.5) is 13.2 Å². The van der Waals surface area contributed by atoms with Crippen LogP contribution in [-0.2, 0) is 21.2 Å². The third-order valence-electron chi connectivity index (χ3n) is 2.91. The normalized spacial score (nSPS) is 11.8. The molecule has 0 bridgehead atoms. The van der Waals surface area contributed by atoms with E-state index in [-0.39, 0.29) is 0 Å². The molecule has 1 aromatic heterocycles. The van der Waals surface area contributed by atoms with Gasteiger partial charge in [-0.25, -0.2) is 0 Å². The van der Waals surface area contributed by atoms with Crippen LogP contribution >= 0.6 is 11.6 Å². The lowest BCUT2D eigenvalue weighted by molar-refractivity contribution is -0.158. The van der Waals surface area contributed by atoms with Gasteiger partial charge in [0.05, 0.1) is 22.3 Å².